The second kappa shape index (κ2) is 13.3. The maximum Gasteiger partial charge on any atom is 0.330 e. The molecule has 192 valence electrons. The molecular weight excluding hydrogens is 461 g/mol. The third-order valence-corrected chi connectivity index (χ3v) is 4.92. The number of ether oxygens (including phenoxy) is 2. The van der Waals surface area contributed by atoms with Gasteiger partial charge >= 0.3 is 5.69 Å². The molecule has 0 saturated heterocycles. The number of aromatic amines is 1. The van der Waals surface area contributed by atoms with Gasteiger partial charge in [-0.3, -0.25) is 23.9 Å². The first-order chi connectivity index (χ1) is 16.6. The van der Waals surface area contributed by atoms with Gasteiger partial charge < -0.3 is 25.4 Å². The van der Waals surface area contributed by atoms with Gasteiger partial charge in [0, 0.05) is 33.0 Å². The van der Waals surface area contributed by atoms with Gasteiger partial charge in [0.05, 0.1) is 13.2 Å². The SMILES string of the molecule is COCCN(C(=O)CCC(=O)NCCOc1ccc(F)cc1)c1c(N)n(CC(C)C)c(=O)[nH]c1=O. The van der Waals surface area contributed by atoms with Crippen molar-refractivity contribution in [2.45, 2.75) is 33.2 Å². The maximum atomic E-state index is 13.0. The molecule has 35 heavy (non-hydrogen) atoms. The number of methoxy groups -OCH3 is 1. The van der Waals surface area contributed by atoms with E-state index in [2.05, 4.69) is 10.3 Å². The lowest BCUT2D eigenvalue weighted by atomic mass is 10.2. The molecule has 2 rings (SSSR count). The molecular formula is C23H32FN5O6. The van der Waals surface area contributed by atoms with Gasteiger partial charge in [0.2, 0.25) is 11.8 Å². The van der Waals surface area contributed by atoms with Crippen LogP contribution in [0.5, 0.6) is 5.75 Å². The molecule has 12 heteroatoms. The number of rotatable bonds is 13. The van der Waals surface area contributed by atoms with Gasteiger partial charge in [-0.15, -0.1) is 0 Å². The highest BCUT2D eigenvalue weighted by Crippen LogP contribution is 2.19. The molecule has 4 N–H and O–H groups in total. The Morgan fingerprint density at radius 3 is 2.49 bits per heavy atom. The summed E-state index contributed by atoms with van der Waals surface area (Å²) in [5, 5.41) is 2.63. The molecule has 0 saturated carbocycles. The Morgan fingerprint density at radius 2 is 1.86 bits per heavy atom. The predicted molar refractivity (Wildman–Crippen MR) is 129 cm³/mol. The zero-order valence-corrected chi connectivity index (χ0v) is 20.1. The molecule has 0 bridgehead atoms. The number of nitrogens with two attached hydrogens (primary N) is 1. The number of halogens is 1. The minimum absolute atomic E-state index is 0.00955. The number of benzene rings is 1. The van der Waals surface area contributed by atoms with Gasteiger partial charge in [-0.05, 0) is 30.2 Å². The van der Waals surface area contributed by atoms with Crippen LogP contribution in [0.25, 0.3) is 0 Å². The van der Waals surface area contributed by atoms with E-state index in [1.54, 1.807) is 0 Å². The smallest absolute Gasteiger partial charge is 0.330 e. The van der Waals surface area contributed by atoms with Gasteiger partial charge in [0.1, 0.15) is 24.0 Å². The summed E-state index contributed by atoms with van der Waals surface area (Å²) in [4.78, 5) is 53.3. The zero-order chi connectivity index (χ0) is 26.0. The second-order valence-electron chi connectivity index (χ2n) is 8.19. The number of hydrogen-bond acceptors (Lipinski definition) is 7. The number of amides is 2. The van der Waals surface area contributed by atoms with E-state index in [1.165, 1.54) is 35.9 Å². The number of aromatic nitrogens is 2. The fourth-order valence-corrected chi connectivity index (χ4v) is 3.26. The Balaban J connectivity index is 2.01. The summed E-state index contributed by atoms with van der Waals surface area (Å²) in [6, 6.07) is 5.48. The average Bonchev–Trinajstić information content (AvgIpc) is 2.81. The van der Waals surface area contributed by atoms with E-state index in [0.29, 0.717) is 5.75 Å². The number of H-pyrrole nitrogens is 1. The Bertz CT molecular complexity index is 1110. The third kappa shape index (κ3) is 8.25. The fraction of sp³-hybridized carbons (Fsp3) is 0.478. The third-order valence-electron chi connectivity index (χ3n) is 4.92. The number of nitrogens with one attached hydrogen (secondary N) is 2. The van der Waals surface area contributed by atoms with Crippen LogP contribution in [0.15, 0.2) is 33.9 Å². The molecule has 1 aromatic heterocycles. The van der Waals surface area contributed by atoms with Crippen LogP contribution in [0.2, 0.25) is 0 Å². The number of nitrogen functional groups attached to an aromatic ring is 1. The highest BCUT2D eigenvalue weighted by Gasteiger charge is 2.24. The van der Waals surface area contributed by atoms with Gasteiger partial charge in [0.25, 0.3) is 5.56 Å². The molecule has 0 atom stereocenters. The lowest BCUT2D eigenvalue weighted by Gasteiger charge is -2.24. The first kappa shape index (κ1) is 27.6. The molecule has 0 fully saturated rings. The van der Waals surface area contributed by atoms with Crippen LogP contribution in [0.4, 0.5) is 15.9 Å². The number of nitrogens with zero attached hydrogens (tertiary/aromatic N) is 2. The number of carbonyl (C=O) groups excluding carboxylic acids is 2. The molecule has 2 aromatic rings. The van der Waals surface area contributed by atoms with Crippen molar-refractivity contribution in [1.29, 1.82) is 0 Å². The standard InChI is InChI=1S/C23H32FN5O6/c1-15(2)14-29-21(25)20(22(32)27-23(29)33)28(11-13-34-3)19(31)9-8-18(30)26-10-12-35-17-6-4-16(24)5-7-17/h4-7,15H,8-14,25H2,1-3H3,(H,26,30)(H,27,32,33). The van der Waals surface area contributed by atoms with E-state index in [-0.39, 0.29) is 74.8 Å². The molecule has 2 amide bonds. The quantitative estimate of drug-likeness (QED) is 0.351. The van der Waals surface area contributed by atoms with E-state index in [4.69, 9.17) is 15.2 Å². The second-order valence-corrected chi connectivity index (χ2v) is 8.19. The molecule has 0 aliphatic heterocycles. The normalized spacial score (nSPS) is 10.9. The lowest BCUT2D eigenvalue weighted by Crippen LogP contribution is -2.43. The van der Waals surface area contributed by atoms with Crippen molar-refractivity contribution in [2.75, 3.05) is 44.0 Å². The van der Waals surface area contributed by atoms with Crippen LogP contribution in [-0.2, 0) is 20.9 Å². The lowest BCUT2D eigenvalue weighted by molar-refractivity contribution is -0.125. The first-order valence-corrected chi connectivity index (χ1v) is 11.2. The minimum atomic E-state index is -0.792. The van der Waals surface area contributed by atoms with E-state index < -0.39 is 17.2 Å². The highest BCUT2D eigenvalue weighted by atomic mass is 19.1. The largest absolute Gasteiger partial charge is 0.492 e. The molecule has 0 radical (unpaired) electrons. The maximum absolute atomic E-state index is 13.0. The van der Waals surface area contributed by atoms with Crippen LogP contribution in [0, 0.1) is 11.7 Å². The van der Waals surface area contributed by atoms with Crippen molar-refractivity contribution in [3.05, 3.63) is 50.9 Å². The summed E-state index contributed by atoms with van der Waals surface area (Å²) < 4.78 is 24.6. The van der Waals surface area contributed by atoms with Crippen LogP contribution in [-0.4, -0.2) is 54.8 Å². The predicted octanol–water partition coefficient (Wildman–Crippen LogP) is 0.869. The van der Waals surface area contributed by atoms with Crippen molar-refractivity contribution in [3.8, 4) is 5.75 Å². The minimum Gasteiger partial charge on any atom is -0.492 e. The van der Waals surface area contributed by atoms with Crippen molar-refractivity contribution >= 4 is 23.3 Å². The van der Waals surface area contributed by atoms with Crippen molar-refractivity contribution in [1.82, 2.24) is 14.9 Å². The summed E-state index contributed by atoms with van der Waals surface area (Å²) >= 11 is 0. The zero-order valence-electron chi connectivity index (χ0n) is 20.1. The number of hydrogen-bond donors (Lipinski definition) is 3. The van der Waals surface area contributed by atoms with E-state index in [9.17, 15) is 23.6 Å². The van der Waals surface area contributed by atoms with Crippen LogP contribution in [0.1, 0.15) is 26.7 Å². The fourth-order valence-electron chi connectivity index (χ4n) is 3.26. The number of carbonyl (C=O) groups is 2. The Labute approximate surface area is 202 Å². The van der Waals surface area contributed by atoms with E-state index in [0.717, 1.165) is 4.90 Å². The van der Waals surface area contributed by atoms with Crippen molar-refractivity contribution in [2.24, 2.45) is 5.92 Å². The van der Waals surface area contributed by atoms with E-state index in [1.807, 2.05) is 13.8 Å². The van der Waals surface area contributed by atoms with Crippen LogP contribution >= 0.6 is 0 Å². The summed E-state index contributed by atoms with van der Waals surface area (Å²) in [5.41, 5.74) is 4.53. The number of anilines is 2. The molecule has 0 unspecified atom stereocenters. The van der Waals surface area contributed by atoms with Gasteiger partial charge in [-0.2, -0.15) is 0 Å². The first-order valence-electron chi connectivity index (χ1n) is 11.2. The summed E-state index contributed by atoms with van der Waals surface area (Å²) in [6.45, 7) is 4.49. The summed E-state index contributed by atoms with van der Waals surface area (Å²) in [6.07, 6.45) is -0.334. The molecule has 0 aliphatic rings. The Hall–Kier alpha value is -3.67. The molecule has 0 spiro atoms. The molecule has 1 aromatic carbocycles. The molecule has 11 nitrogen and oxygen atoms in total. The van der Waals surface area contributed by atoms with Gasteiger partial charge in [-0.1, -0.05) is 13.8 Å². The van der Waals surface area contributed by atoms with Gasteiger partial charge in [0.15, 0.2) is 5.69 Å². The molecule has 1 heterocycles. The monoisotopic (exact) mass is 493 g/mol. The van der Waals surface area contributed by atoms with Crippen molar-refractivity contribution < 1.29 is 23.5 Å². The summed E-state index contributed by atoms with van der Waals surface area (Å²) in [5.74, 6) is -0.887. The van der Waals surface area contributed by atoms with E-state index >= 15 is 0 Å². The van der Waals surface area contributed by atoms with Crippen LogP contribution in [0.3, 0.4) is 0 Å². The van der Waals surface area contributed by atoms with Crippen molar-refractivity contribution in [3.63, 3.8) is 0 Å². The summed E-state index contributed by atoms with van der Waals surface area (Å²) in [7, 11) is 1.44. The highest BCUT2D eigenvalue weighted by molar-refractivity contribution is 5.97. The Morgan fingerprint density at radius 1 is 1.17 bits per heavy atom. The average molecular weight is 494 g/mol. The Kier molecular flexibility index (Phi) is 10.5. The molecule has 0 aliphatic carbocycles. The van der Waals surface area contributed by atoms with Gasteiger partial charge in [-0.25, -0.2) is 9.18 Å². The van der Waals surface area contributed by atoms with Crippen LogP contribution < -0.4 is 31.9 Å². The topological polar surface area (TPSA) is 149 Å².